The molecule has 1 aromatic carbocycles. The Morgan fingerprint density at radius 2 is 2.00 bits per heavy atom. The molecule has 102 valence electrons. The second-order valence-corrected chi connectivity index (χ2v) is 4.98. The Kier molecular flexibility index (Phi) is 3.48. The van der Waals surface area contributed by atoms with Crippen molar-refractivity contribution in [2.24, 2.45) is 0 Å². The molecule has 0 spiro atoms. The highest BCUT2D eigenvalue weighted by atomic mass is 16.4. The number of nitrogens with one attached hydrogen (secondary N) is 1. The van der Waals surface area contributed by atoms with Crippen LogP contribution in [0.2, 0.25) is 0 Å². The van der Waals surface area contributed by atoms with Crippen LogP contribution in [0.4, 0.5) is 0 Å². The molecule has 1 aliphatic heterocycles. The third-order valence-electron chi connectivity index (χ3n) is 3.62. The third kappa shape index (κ3) is 2.56. The Hall–Kier alpha value is -2.20. The minimum Gasteiger partial charge on any atom is -0.478 e. The van der Waals surface area contributed by atoms with Gasteiger partial charge in [-0.3, -0.25) is 4.98 Å². The number of pyridine rings is 1. The van der Waals surface area contributed by atoms with Gasteiger partial charge in [-0.05, 0) is 43.7 Å². The summed E-state index contributed by atoms with van der Waals surface area (Å²) < 4.78 is 0. The lowest BCUT2D eigenvalue weighted by Crippen LogP contribution is -2.14. The van der Waals surface area contributed by atoms with Crippen molar-refractivity contribution >= 4 is 5.97 Å². The summed E-state index contributed by atoms with van der Waals surface area (Å²) >= 11 is 0. The van der Waals surface area contributed by atoms with Crippen LogP contribution < -0.4 is 5.32 Å². The minimum atomic E-state index is -0.909. The second-order valence-electron chi connectivity index (χ2n) is 4.98. The number of aromatic nitrogens is 1. The number of aromatic carboxylic acids is 1. The predicted octanol–water partition coefficient (Wildman–Crippen LogP) is 2.87. The minimum absolute atomic E-state index is 0.294. The molecule has 20 heavy (non-hydrogen) atoms. The van der Waals surface area contributed by atoms with E-state index in [4.69, 9.17) is 5.11 Å². The topological polar surface area (TPSA) is 62.2 Å². The van der Waals surface area contributed by atoms with Gasteiger partial charge in [0, 0.05) is 11.6 Å². The van der Waals surface area contributed by atoms with Crippen molar-refractivity contribution in [3.8, 4) is 11.3 Å². The van der Waals surface area contributed by atoms with Crippen molar-refractivity contribution in [3.63, 3.8) is 0 Å². The molecule has 0 amide bonds. The van der Waals surface area contributed by atoms with E-state index in [2.05, 4.69) is 10.3 Å². The summed E-state index contributed by atoms with van der Waals surface area (Å²) in [7, 11) is 0. The van der Waals surface area contributed by atoms with E-state index >= 15 is 0 Å². The fraction of sp³-hybridized carbons (Fsp3) is 0.250. The first kappa shape index (κ1) is 12.8. The monoisotopic (exact) mass is 268 g/mol. The maximum Gasteiger partial charge on any atom is 0.335 e. The number of carboxylic acids is 1. The maximum atomic E-state index is 10.9. The van der Waals surface area contributed by atoms with Crippen molar-refractivity contribution in [2.45, 2.75) is 18.9 Å². The molecule has 0 saturated carbocycles. The van der Waals surface area contributed by atoms with Crippen molar-refractivity contribution in [1.82, 2.24) is 10.3 Å². The predicted molar refractivity (Wildman–Crippen MR) is 76.6 cm³/mol. The van der Waals surface area contributed by atoms with Gasteiger partial charge < -0.3 is 10.4 Å². The molecule has 1 saturated heterocycles. The number of rotatable bonds is 3. The van der Waals surface area contributed by atoms with Gasteiger partial charge in [0.05, 0.1) is 17.0 Å². The molecule has 0 unspecified atom stereocenters. The number of nitrogens with zero attached hydrogens (tertiary/aromatic N) is 1. The highest BCUT2D eigenvalue weighted by molar-refractivity contribution is 5.88. The van der Waals surface area contributed by atoms with Gasteiger partial charge in [0.1, 0.15) is 0 Å². The molecule has 2 heterocycles. The van der Waals surface area contributed by atoms with E-state index in [1.165, 1.54) is 6.42 Å². The number of carbonyl (C=O) groups is 1. The summed E-state index contributed by atoms with van der Waals surface area (Å²) in [6.07, 6.45) is 2.30. The number of carboxylic acid groups (broad SMARTS) is 1. The van der Waals surface area contributed by atoms with Crippen LogP contribution in [0.1, 0.15) is 34.9 Å². The molecule has 0 bridgehead atoms. The van der Waals surface area contributed by atoms with E-state index in [0.717, 1.165) is 29.9 Å². The van der Waals surface area contributed by atoms with Crippen LogP contribution in [0.15, 0.2) is 42.5 Å². The Balaban J connectivity index is 1.89. The van der Waals surface area contributed by atoms with Crippen molar-refractivity contribution in [2.75, 3.05) is 6.54 Å². The van der Waals surface area contributed by atoms with Gasteiger partial charge in [-0.2, -0.15) is 0 Å². The van der Waals surface area contributed by atoms with Gasteiger partial charge >= 0.3 is 5.97 Å². The van der Waals surface area contributed by atoms with Gasteiger partial charge in [0.2, 0.25) is 0 Å². The van der Waals surface area contributed by atoms with Gasteiger partial charge in [-0.15, -0.1) is 0 Å². The van der Waals surface area contributed by atoms with Crippen LogP contribution in [-0.4, -0.2) is 22.6 Å². The van der Waals surface area contributed by atoms with E-state index < -0.39 is 5.97 Å². The molecule has 1 atom stereocenters. The molecule has 1 aromatic heterocycles. The normalized spacial score (nSPS) is 18.1. The molecular weight excluding hydrogens is 252 g/mol. The first-order valence-electron chi connectivity index (χ1n) is 6.78. The molecule has 1 fully saturated rings. The SMILES string of the molecule is O=C(O)c1ccc(-c2cccc([C@@H]3CCCN3)n2)cc1. The van der Waals surface area contributed by atoms with Crippen molar-refractivity contribution < 1.29 is 9.90 Å². The Morgan fingerprint density at radius 3 is 2.65 bits per heavy atom. The van der Waals surface area contributed by atoms with Crippen LogP contribution in [-0.2, 0) is 0 Å². The van der Waals surface area contributed by atoms with Gasteiger partial charge in [-0.25, -0.2) is 4.79 Å². The molecular formula is C16H16N2O2. The summed E-state index contributed by atoms with van der Waals surface area (Å²) in [4.78, 5) is 15.5. The lowest BCUT2D eigenvalue weighted by molar-refractivity contribution is 0.0697. The number of hydrogen-bond acceptors (Lipinski definition) is 3. The zero-order chi connectivity index (χ0) is 13.9. The zero-order valence-electron chi connectivity index (χ0n) is 11.0. The number of hydrogen-bond donors (Lipinski definition) is 2. The van der Waals surface area contributed by atoms with E-state index in [1.54, 1.807) is 24.3 Å². The summed E-state index contributed by atoms with van der Waals surface area (Å²) in [6, 6.07) is 13.2. The fourth-order valence-electron chi connectivity index (χ4n) is 2.53. The first-order valence-corrected chi connectivity index (χ1v) is 6.78. The van der Waals surface area contributed by atoms with Crippen LogP contribution in [0, 0.1) is 0 Å². The largest absolute Gasteiger partial charge is 0.478 e. The molecule has 0 radical (unpaired) electrons. The smallest absolute Gasteiger partial charge is 0.335 e. The van der Waals surface area contributed by atoms with Gasteiger partial charge in [0.15, 0.2) is 0 Å². The summed E-state index contributed by atoms with van der Waals surface area (Å²) in [5, 5.41) is 12.3. The summed E-state index contributed by atoms with van der Waals surface area (Å²) in [5.74, 6) is -0.909. The highest BCUT2D eigenvalue weighted by Crippen LogP contribution is 2.24. The fourth-order valence-corrected chi connectivity index (χ4v) is 2.53. The molecule has 0 aliphatic carbocycles. The van der Waals surface area contributed by atoms with Crippen molar-refractivity contribution in [3.05, 3.63) is 53.7 Å². The van der Waals surface area contributed by atoms with Crippen molar-refractivity contribution in [1.29, 1.82) is 0 Å². The van der Waals surface area contributed by atoms with Gasteiger partial charge in [0.25, 0.3) is 0 Å². The van der Waals surface area contributed by atoms with E-state index in [0.29, 0.717) is 11.6 Å². The zero-order valence-corrected chi connectivity index (χ0v) is 11.0. The molecule has 2 aromatic rings. The summed E-state index contributed by atoms with van der Waals surface area (Å²) in [6.45, 7) is 1.05. The van der Waals surface area contributed by atoms with Crippen LogP contribution in [0.3, 0.4) is 0 Å². The maximum absolute atomic E-state index is 10.9. The third-order valence-corrected chi connectivity index (χ3v) is 3.62. The van der Waals surface area contributed by atoms with Crippen LogP contribution >= 0.6 is 0 Å². The molecule has 2 N–H and O–H groups in total. The average Bonchev–Trinajstić information content (AvgIpc) is 3.02. The molecule has 4 heteroatoms. The van der Waals surface area contributed by atoms with E-state index in [9.17, 15) is 4.79 Å². The highest BCUT2D eigenvalue weighted by Gasteiger charge is 2.17. The number of benzene rings is 1. The molecule has 3 rings (SSSR count). The Bertz CT molecular complexity index is 617. The van der Waals surface area contributed by atoms with Crippen LogP contribution in [0.25, 0.3) is 11.3 Å². The quantitative estimate of drug-likeness (QED) is 0.898. The Labute approximate surface area is 117 Å². The van der Waals surface area contributed by atoms with Crippen LogP contribution in [0.5, 0.6) is 0 Å². The van der Waals surface area contributed by atoms with Gasteiger partial charge in [-0.1, -0.05) is 18.2 Å². The lowest BCUT2D eigenvalue weighted by Gasteiger charge is -2.11. The standard InChI is InChI=1S/C16H16N2O2/c19-16(20)12-8-6-11(7-9-12)13-3-1-4-15(18-13)14-5-2-10-17-14/h1,3-4,6-9,14,17H,2,5,10H2,(H,19,20)/t14-/m0/s1. The molecule has 4 nitrogen and oxygen atoms in total. The van der Waals surface area contributed by atoms with E-state index in [-0.39, 0.29) is 0 Å². The first-order chi connectivity index (χ1) is 9.74. The molecule has 1 aliphatic rings. The summed E-state index contributed by atoms with van der Waals surface area (Å²) in [5.41, 5.74) is 3.17. The van der Waals surface area contributed by atoms with E-state index in [1.807, 2.05) is 18.2 Å². The average molecular weight is 268 g/mol. The second kappa shape index (κ2) is 5.43. The lowest BCUT2D eigenvalue weighted by atomic mass is 10.1. The Morgan fingerprint density at radius 1 is 1.20 bits per heavy atom.